The monoisotopic (exact) mass is 354 g/mol. The number of hydrogen-bond acceptors (Lipinski definition) is 4. The zero-order valence-corrected chi connectivity index (χ0v) is 13.1. The Labute approximate surface area is 138 Å². The number of benzene rings is 1. The average molecular weight is 355 g/mol. The molecule has 3 N–H and O–H groups in total. The van der Waals surface area contributed by atoms with Crippen molar-refractivity contribution in [3.8, 4) is 5.75 Å². The topological polar surface area (TPSA) is 82.2 Å². The zero-order chi connectivity index (χ0) is 15.9. The van der Waals surface area contributed by atoms with Gasteiger partial charge in [0.15, 0.2) is 5.75 Å². The third-order valence-corrected chi connectivity index (χ3v) is 4.30. The molecule has 0 atom stereocenters. The highest BCUT2D eigenvalue weighted by Crippen LogP contribution is 2.30. The third-order valence-electron chi connectivity index (χ3n) is 2.94. The van der Waals surface area contributed by atoms with Crippen molar-refractivity contribution in [3.05, 3.63) is 55.6 Å². The third kappa shape index (κ3) is 2.68. The number of hydrogen-bond donors (Lipinski definition) is 3. The first kappa shape index (κ1) is 14.9. The van der Waals surface area contributed by atoms with Gasteiger partial charge in [-0.3, -0.25) is 9.59 Å². The van der Waals surface area contributed by atoms with Crippen molar-refractivity contribution in [1.82, 2.24) is 4.98 Å². The predicted octanol–water partition coefficient (Wildman–Crippen LogP) is 3.85. The van der Waals surface area contributed by atoms with Gasteiger partial charge in [-0.15, -0.1) is 11.3 Å². The Morgan fingerprint density at radius 3 is 2.59 bits per heavy atom. The minimum atomic E-state index is -0.743. The van der Waals surface area contributed by atoms with E-state index in [1.165, 1.54) is 29.5 Å². The summed E-state index contributed by atoms with van der Waals surface area (Å²) >= 11 is 12.9. The van der Waals surface area contributed by atoms with Crippen molar-refractivity contribution < 1.29 is 9.90 Å². The molecule has 112 valence electrons. The number of aromatic hydroxyl groups is 1. The molecule has 3 rings (SSSR count). The second-order valence-electron chi connectivity index (χ2n) is 4.45. The number of fused-ring (bicyclic) bond motifs is 1. The first-order valence-electron chi connectivity index (χ1n) is 6.05. The van der Waals surface area contributed by atoms with E-state index >= 15 is 0 Å². The lowest BCUT2D eigenvalue weighted by molar-refractivity contribution is 0.102. The van der Waals surface area contributed by atoms with Crippen molar-refractivity contribution in [2.75, 3.05) is 5.32 Å². The summed E-state index contributed by atoms with van der Waals surface area (Å²) in [5.74, 6) is -1.09. The number of anilines is 1. The quantitative estimate of drug-likeness (QED) is 0.653. The molecule has 2 aromatic heterocycles. The minimum absolute atomic E-state index is 0.326. The summed E-state index contributed by atoms with van der Waals surface area (Å²) in [6, 6.07) is 6.14. The Morgan fingerprint density at radius 2 is 1.91 bits per heavy atom. The molecule has 0 aliphatic rings. The second-order valence-corrected chi connectivity index (χ2v) is 6.24. The average Bonchev–Trinajstić information content (AvgIpc) is 2.85. The summed E-state index contributed by atoms with van der Waals surface area (Å²) in [5, 5.41) is 15.0. The Morgan fingerprint density at radius 1 is 1.23 bits per heavy atom. The molecule has 0 unspecified atom stereocenters. The number of thiophene rings is 1. The largest absolute Gasteiger partial charge is 0.505 e. The minimum Gasteiger partial charge on any atom is -0.505 e. The van der Waals surface area contributed by atoms with Gasteiger partial charge in [0.1, 0.15) is 5.56 Å². The SMILES string of the molecule is O=C(Nc1cc(Cl)cc(Cl)c1)c1c(O)c2sccc2[nH]c1=O. The van der Waals surface area contributed by atoms with E-state index in [2.05, 4.69) is 10.3 Å². The number of halogens is 2. The molecule has 0 saturated heterocycles. The second kappa shape index (κ2) is 5.64. The van der Waals surface area contributed by atoms with Crippen molar-refractivity contribution in [2.45, 2.75) is 0 Å². The van der Waals surface area contributed by atoms with Crippen LogP contribution in [-0.2, 0) is 0 Å². The van der Waals surface area contributed by atoms with Crippen LogP contribution in [0.5, 0.6) is 5.75 Å². The molecule has 2 heterocycles. The summed E-state index contributed by atoms with van der Waals surface area (Å²) in [6.07, 6.45) is 0. The van der Waals surface area contributed by atoms with Gasteiger partial charge in [0.25, 0.3) is 11.5 Å². The fourth-order valence-corrected chi connectivity index (χ4v) is 3.35. The van der Waals surface area contributed by atoms with E-state index in [-0.39, 0.29) is 11.3 Å². The number of H-pyrrole nitrogens is 1. The van der Waals surface area contributed by atoms with Crippen molar-refractivity contribution in [2.24, 2.45) is 0 Å². The standard InChI is InChI=1S/C14H8Cl2N2O3S/c15-6-3-7(16)5-8(4-6)17-13(20)10-11(19)12-9(1-2-22-12)18-14(10)21/h1-5H,(H,17,20)(H2,18,19,21). The molecule has 3 aromatic rings. The molecular formula is C14H8Cl2N2O3S. The normalized spacial score (nSPS) is 10.8. The molecule has 1 amide bonds. The molecule has 0 aliphatic heterocycles. The molecule has 1 aromatic carbocycles. The van der Waals surface area contributed by atoms with E-state index in [9.17, 15) is 14.7 Å². The van der Waals surface area contributed by atoms with Gasteiger partial charge in [0.05, 0.1) is 10.2 Å². The first-order valence-corrected chi connectivity index (χ1v) is 7.69. The maximum atomic E-state index is 12.3. The fraction of sp³-hybridized carbons (Fsp3) is 0. The van der Waals surface area contributed by atoms with Gasteiger partial charge in [-0.2, -0.15) is 0 Å². The summed E-state index contributed by atoms with van der Waals surface area (Å²) in [4.78, 5) is 26.8. The number of rotatable bonds is 2. The van der Waals surface area contributed by atoms with E-state index in [4.69, 9.17) is 23.2 Å². The molecule has 22 heavy (non-hydrogen) atoms. The van der Waals surface area contributed by atoms with Gasteiger partial charge in [0, 0.05) is 15.7 Å². The first-order chi connectivity index (χ1) is 10.5. The van der Waals surface area contributed by atoms with Crippen LogP contribution in [0.3, 0.4) is 0 Å². The number of carbonyl (C=O) groups excluding carboxylic acids is 1. The van der Waals surface area contributed by atoms with Crippen molar-refractivity contribution in [1.29, 1.82) is 0 Å². The molecule has 0 aliphatic carbocycles. The van der Waals surface area contributed by atoms with Crippen LogP contribution >= 0.6 is 34.5 Å². The maximum Gasteiger partial charge on any atom is 0.265 e. The van der Waals surface area contributed by atoms with E-state index in [1.54, 1.807) is 11.4 Å². The van der Waals surface area contributed by atoms with E-state index in [0.717, 1.165) is 0 Å². The summed E-state index contributed by atoms with van der Waals surface area (Å²) in [6.45, 7) is 0. The molecule has 0 radical (unpaired) electrons. The van der Waals surface area contributed by atoms with Gasteiger partial charge in [-0.05, 0) is 29.6 Å². The van der Waals surface area contributed by atoms with E-state index < -0.39 is 11.5 Å². The highest BCUT2D eigenvalue weighted by molar-refractivity contribution is 7.17. The van der Waals surface area contributed by atoms with Crippen LogP contribution < -0.4 is 10.9 Å². The van der Waals surface area contributed by atoms with Crippen LogP contribution in [0.2, 0.25) is 10.0 Å². The van der Waals surface area contributed by atoms with Crippen LogP contribution in [0, 0.1) is 0 Å². The summed E-state index contributed by atoms with van der Waals surface area (Å²) in [5.41, 5.74) is -0.220. The van der Waals surface area contributed by atoms with Crippen LogP contribution in [0.15, 0.2) is 34.4 Å². The molecule has 8 heteroatoms. The number of aromatic amines is 1. The van der Waals surface area contributed by atoms with Crippen LogP contribution in [0.1, 0.15) is 10.4 Å². The van der Waals surface area contributed by atoms with Crippen LogP contribution in [-0.4, -0.2) is 16.0 Å². The lowest BCUT2D eigenvalue weighted by Gasteiger charge is -2.07. The Bertz CT molecular complexity index is 929. The Hall–Kier alpha value is -2.02. The number of aromatic nitrogens is 1. The molecule has 0 saturated carbocycles. The lowest BCUT2D eigenvalue weighted by atomic mass is 10.2. The van der Waals surface area contributed by atoms with Gasteiger partial charge >= 0.3 is 0 Å². The van der Waals surface area contributed by atoms with Gasteiger partial charge < -0.3 is 15.4 Å². The highest BCUT2D eigenvalue weighted by atomic mass is 35.5. The van der Waals surface area contributed by atoms with Crippen LogP contribution in [0.4, 0.5) is 5.69 Å². The summed E-state index contributed by atoms with van der Waals surface area (Å²) < 4.78 is 0.439. The summed E-state index contributed by atoms with van der Waals surface area (Å²) in [7, 11) is 0. The van der Waals surface area contributed by atoms with Gasteiger partial charge in [0.2, 0.25) is 0 Å². The molecule has 0 spiro atoms. The predicted molar refractivity (Wildman–Crippen MR) is 88.5 cm³/mol. The van der Waals surface area contributed by atoms with E-state index in [1.807, 2.05) is 0 Å². The van der Waals surface area contributed by atoms with Crippen molar-refractivity contribution in [3.63, 3.8) is 0 Å². The lowest BCUT2D eigenvalue weighted by Crippen LogP contribution is -2.23. The smallest absolute Gasteiger partial charge is 0.265 e. The molecule has 0 bridgehead atoms. The van der Waals surface area contributed by atoms with Gasteiger partial charge in [-0.1, -0.05) is 23.2 Å². The Kier molecular flexibility index (Phi) is 3.82. The van der Waals surface area contributed by atoms with Crippen LogP contribution in [0.25, 0.3) is 10.2 Å². The maximum absolute atomic E-state index is 12.3. The zero-order valence-electron chi connectivity index (χ0n) is 10.8. The number of nitrogens with one attached hydrogen (secondary N) is 2. The highest BCUT2D eigenvalue weighted by Gasteiger charge is 2.20. The fourth-order valence-electron chi connectivity index (χ4n) is 2.03. The number of carbonyl (C=O) groups is 1. The van der Waals surface area contributed by atoms with E-state index in [0.29, 0.717) is 25.9 Å². The molecular weight excluding hydrogens is 347 g/mol. The van der Waals surface area contributed by atoms with Gasteiger partial charge in [-0.25, -0.2) is 0 Å². The Balaban J connectivity index is 2.03. The number of amides is 1. The van der Waals surface area contributed by atoms with Crippen molar-refractivity contribution >= 4 is 56.3 Å². The number of pyridine rings is 1. The molecule has 5 nitrogen and oxygen atoms in total. The molecule has 0 fully saturated rings.